The van der Waals surface area contributed by atoms with Crippen LogP contribution in [0.5, 0.6) is 0 Å². The molecule has 0 saturated heterocycles. The summed E-state index contributed by atoms with van der Waals surface area (Å²) < 4.78 is 2.03. The number of halogens is 2. The Balaban J connectivity index is 2.23. The third-order valence-electron chi connectivity index (χ3n) is 1.85. The molecule has 82 valence electrons. The van der Waals surface area contributed by atoms with Gasteiger partial charge in [0.25, 0.3) is 0 Å². The normalized spacial score (nSPS) is 10.4. The number of hydrogen-bond donors (Lipinski definition) is 1. The summed E-state index contributed by atoms with van der Waals surface area (Å²) in [6.45, 7) is 0. The Bertz CT molecular complexity index is 480. The number of nitrogens with zero attached hydrogens (tertiary/aromatic N) is 1. The van der Waals surface area contributed by atoms with Crippen LogP contribution >= 0.6 is 56.9 Å². The van der Waals surface area contributed by atoms with Gasteiger partial charge in [0.15, 0.2) is 0 Å². The van der Waals surface area contributed by atoms with E-state index in [0.29, 0.717) is 0 Å². The molecule has 2 N–H and O–H groups in total. The standard InChI is InChI=1S/C11H8I2N2S/c12-10-5-9(6-11(13)15-10)16-8-3-1-7(14)2-4-8/h1-6H,14H2. The van der Waals surface area contributed by atoms with Crippen molar-refractivity contribution in [3.8, 4) is 0 Å². The molecular formula is C11H8I2N2S. The Morgan fingerprint density at radius 3 is 2.06 bits per heavy atom. The lowest BCUT2D eigenvalue weighted by Gasteiger charge is -2.03. The van der Waals surface area contributed by atoms with Crippen molar-refractivity contribution in [2.24, 2.45) is 0 Å². The molecule has 0 bridgehead atoms. The lowest BCUT2D eigenvalue weighted by Crippen LogP contribution is -1.86. The first-order valence-electron chi connectivity index (χ1n) is 4.50. The van der Waals surface area contributed by atoms with Gasteiger partial charge in [-0.3, -0.25) is 0 Å². The van der Waals surface area contributed by atoms with Crippen LogP contribution in [0.2, 0.25) is 0 Å². The summed E-state index contributed by atoms with van der Waals surface area (Å²) >= 11 is 6.18. The Morgan fingerprint density at radius 2 is 1.50 bits per heavy atom. The summed E-state index contributed by atoms with van der Waals surface area (Å²) in [6.07, 6.45) is 0. The van der Waals surface area contributed by atoms with Crippen molar-refractivity contribution in [1.29, 1.82) is 0 Å². The SMILES string of the molecule is Nc1ccc(Sc2cc(I)nc(I)c2)cc1. The fourth-order valence-electron chi connectivity index (χ4n) is 1.17. The van der Waals surface area contributed by atoms with Crippen LogP contribution in [0.15, 0.2) is 46.2 Å². The molecule has 0 radical (unpaired) electrons. The molecule has 0 saturated carbocycles. The summed E-state index contributed by atoms with van der Waals surface area (Å²) in [4.78, 5) is 6.72. The number of aromatic nitrogens is 1. The molecule has 2 rings (SSSR count). The Kier molecular flexibility index (Phi) is 4.31. The third-order valence-corrected chi connectivity index (χ3v) is 3.94. The van der Waals surface area contributed by atoms with Crippen molar-refractivity contribution in [2.45, 2.75) is 9.79 Å². The van der Waals surface area contributed by atoms with Crippen molar-refractivity contribution in [1.82, 2.24) is 4.98 Å². The topological polar surface area (TPSA) is 38.9 Å². The van der Waals surface area contributed by atoms with E-state index in [0.717, 1.165) is 13.1 Å². The van der Waals surface area contributed by atoms with E-state index in [-0.39, 0.29) is 0 Å². The second-order valence-corrected chi connectivity index (χ2v) is 6.48. The van der Waals surface area contributed by atoms with Gasteiger partial charge in [0, 0.05) is 15.5 Å². The van der Waals surface area contributed by atoms with Crippen molar-refractivity contribution in [3.05, 3.63) is 43.8 Å². The fourth-order valence-corrected chi connectivity index (χ4v) is 4.13. The van der Waals surface area contributed by atoms with Crippen LogP contribution in [0.25, 0.3) is 0 Å². The molecule has 0 aliphatic carbocycles. The van der Waals surface area contributed by atoms with Gasteiger partial charge in [-0.1, -0.05) is 11.8 Å². The zero-order valence-corrected chi connectivity index (χ0v) is 13.3. The van der Waals surface area contributed by atoms with E-state index in [4.69, 9.17) is 5.73 Å². The monoisotopic (exact) mass is 454 g/mol. The van der Waals surface area contributed by atoms with Crippen molar-refractivity contribution < 1.29 is 0 Å². The number of hydrogen-bond acceptors (Lipinski definition) is 3. The maximum absolute atomic E-state index is 5.65. The van der Waals surface area contributed by atoms with Crippen LogP contribution in [0.4, 0.5) is 5.69 Å². The molecule has 0 spiro atoms. The molecule has 2 nitrogen and oxygen atoms in total. The molecule has 0 fully saturated rings. The van der Waals surface area contributed by atoms with E-state index in [2.05, 4.69) is 62.3 Å². The number of pyridine rings is 1. The molecule has 1 aromatic heterocycles. The van der Waals surface area contributed by atoms with E-state index in [1.165, 1.54) is 9.79 Å². The number of nitrogens with two attached hydrogens (primary N) is 1. The molecule has 0 aliphatic rings. The highest BCUT2D eigenvalue weighted by Gasteiger charge is 2.01. The van der Waals surface area contributed by atoms with Gasteiger partial charge in [-0.25, -0.2) is 4.98 Å². The van der Waals surface area contributed by atoms with E-state index >= 15 is 0 Å². The molecule has 5 heteroatoms. The zero-order valence-electron chi connectivity index (χ0n) is 8.15. The Hall–Kier alpha value is -0.0200. The van der Waals surface area contributed by atoms with Crippen molar-refractivity contribution in [3.63, 3.8) is 0 Å². The van der Waals surface area contributed by atoms with Gasteiger partial charge >= 0.3 is 0 Å². The minimum absolute atomic E-state index is 0.795. The molecule has 0 aliphatic heterocycles. The summed E-state index contributed by atoms with van der Waals surface area (Å²) in [5.74, 6) is 0. The zero-order chi connectivity index (χ0) is 11.5. The quantitative estimate of drug-likeness (QED) is 0.424. The van der Waals surface area contributed by atoms with Crippen LogP contribution in [0.3, 0.4) is 0 Å². The van der Waals surface area contributed by atoms with Crippen LogP contribution in [-0.2, 0) is 0 Å². The maximum atomic E-state index is 5.65. The summed E-state index contributed by atoms with van der Waals surface area (Å²) in [7, 11) is 0. The van der Waals surface area contributed by atoms with Crippen molar-refractivity contribution in [2.75, 3.05) is 5.73 Å². The highest BCUT2D eigenvalue weighted by atomic mass is 127. The lowest BCUT2D eigenvalue weighted by atomic mass is 10.3. The van der Waals surface area contributed by atoms with Gasteiger partial charge in [-0.15, -0.1) is 0 Å². The average Bonchev–Trinajstić information content (AvgIpc) is 2.20. The van der Waals surface area contributed by atoms with E-state index in [9.17, 15) is 0 Å². The average molecular weight is 454 g/mol. The van der Waals surface area contributed by atoms with E-state index in [1.807, 2.05) is 24.3 Å². The third kappa shape index (κ3) is 3.49. The predicted molar refractivity (Wildman–Crippen MR) is 84.6 cm³/mol. The molecule has 0 atom stereocenters. The van der Waals surface area contributed by atoms with E-state index in [1.54, 1.807) is 11.8 Å². The summed E-state index contributed by atoms with van der Waals surface area (Å²) in [5, 5.41) is 0. The van der Waals surface area contributed by atoms with Crippen molar-refractivity contribution >= 4 is 62.6 Å². The van der Waals surface area contributed by atoms with E-state index < -0.39 is 0 Å². The van der Waals surface area contributed by atoms with Gasteiger partial charge in [0.1, 0.15) is 7.40 Å². The first-order valence-corrected chi connectivity index (χ1v) is 7.47. The number of benzene rings is 1. The molecule has 2 aromatic rings. The van der Waals surface area contributed by atoms with Crippen LogP contribution in [0, 0.1) is 7.40 Å². The molecule has 16 heavy (non-hydrogen) atoms. The minimum atomic E-state index is 0.795. The molecule has 0 amide bonds. The van der Waals surface area contributed by atoms with Gasteiger partial charge in [-0.2, -0.15) is 0 Å². The lowest BCUT2D eigenvalue weighted by molar-refractivity contribution is 1.17. The maximum Gasteiger partial charge on any atom is 0.103 e. The summed E-state index contributed by atoms with van der Waals surface area (Å²) in [5.41, 5.74) is 6.44. The van der Waals surface area contributed by atoms with Gasteiger partial charge < -0.3 is 5.73 Å². The Labute approximate surface area is 126 Å². The predicted octanol–water partition coefficient (Wildman–Crippen LogP) is 4.02. The molecular weight excluding hydrogens is 446 g/mol. The molecule has 1 aromatic carbocycles. The number of rotatable bonds is 2. The van der Waals surface area contributed by atoms with Gasteiger partial charge in [0.05, 0.1) is 0 Å². The van der Waals surface area contributed by atoms with Gasteiger partial charge in [-0.05, 0) is 81.6 Å². The summed E-state index contributed by atoms with van der Waals surface area (Å²) in [6, 6.07) is 12.0. The Morgan fingerprint density at radius 1 is 0.938 bits per heavy atom. The number of anilines is 1. The smallest absolute Gasteiger partial charge is 0.103 e. The van der Waals surface area contributed by atoms with Crippen LogP contribution in [-0.4, -0.2) is 4.98 Å². The second kappa shape index (κ2) is 5.54. The fraction of sp³-hybridized carbons (Fsp3) is 0. The molecule has 1 heterocycles. The molecule has 0 unspecified atom stereocenters. The minimum Gasteiger partial charge on any atom is -0.399 e. The van der Waals surface area contributed by atoms with Crippen LogP contribution in [0.1, 0.15) is 0 Å². The number of nitrogen functional groups attached to an aromatic ring is 1. The highest BCUT2D eigenvalue weighted by molar-refractivity contribution is 14.1. The second-order valence-electron chi connectivity index (χ2n) is 3.12. The first kappa shape index (κ1) is 12.4. The van der Waals surface area contributed by atoms with Crippen LogP contribution < -0.4 is 5.73 Å². The largest absolute Gasteiger partial charge is 0.399 e. The van der Waals surface area contributed by atoms with Gasteiger partial charge in [0.2, 0.25) is 0 Å². The first-order chi connectivity index (χ1) is 7.63. The highest BCUT2D eigenvalue weighted by Crippen LogP contribution is 2.29.